The molecule has 126 valence electrons. The largest absolute Gasteiger partial charge is 0.326 e. The number of anilines is 1. The zero-order valence-electron chi connectivity index (χ0n) is 14.4. The first-order valence-electron chi connectivity index (χ1n) is 7.56. The Morgan fingerprint density at radius 3 is 2.09 bits per heavy atom. The van der Waals surface area contributed by atoms with Crippen LogP contribution in [-0.4, -0.2) is 17.7 Å². The van der Waals surface area contributed by atoms with Gasteiger partial charge in [0.1, 0.15) is 0 Å². The number of hydrogen-bond acceptors (Lipinski definition) is 3. The molecule has 6 heteroatoms. The number of rotatable bonds is 4. The van der Waals surface area contributed by atoms with Gasteiger partial charge in [-0.25, -0.2) is 0 Å². The third kappa shape index (κ3) is 6.50. The maximum absolute atomic E-state index is 11.8. The first kappa shape index (κ1) is 18.7. The molecular formula is C17H25N3O3. The van der Waals surface area contributed by atoms with Crippen molar-refractivity contribution in [3.63, 3.8) is 0 Å². The van der Waals surface area contributed by atoms with Crippen LogP contribution in [0.15, 0.2) is 18.2 Å². The number of nitrogens with one attached hydrogen (secondary N) is 3. The molecule has 0 aliphatic heterocycles. The van der Waals surface area contributed by atoms with Gasteiger partial charge >= 0.3 is 0 Å². The SMILES string of the molecule is Cc1ccc(NC(=O)CCC(=O)NNC(=O)C(C)(C)C)cc1C. The van der Waals surface area contributed by atoms with E-state index in [0.29, 0.717) is 5.69 Å². The quantitative estimate of drug-likeness (QED) is 0.744. The second-order valence-corrected chi connectivity index (χ2v) is 6.60. The van der Waals surface area contributed by atoms with Crippen molar-refractivity contribution in [2.45, 2.75) is 47.5 Å². The van der Waals surface area contributed by atoms with Gasteiger partial charge in [0.15, 0.2) is 0 Å². The summed E-state index contributed by atoms with van der Waals surface area (Å²) in [5.41, 5.74) is 7.00. The van der Waals surface area contributed by atoms with Gasteiger partial charge in [0.05, 0.1) is 0 Å². The topological polar surface area (TPSA) is 87.3 Å². The molecule has 0 saturated heterocycles. The van der Waals surface area contributed by atoms with Crippen molar-refractivity contribution in [2.24, 2.45) is 5.41 Å². The van der Waals surface area contributed by atoms with E-state index in [-0.39, 0.29) is 24.7 Å². The zero-order chi connectivity index (χ0) is 17.6. The molecule has 1 rings (SSSR count). The highest BCUT2D eigenvalue weighted by Gasteiger charge is 2.21. The molecule has 0 atom stereocenters. The van der Waals surface area contributed by atoms with Crippen molar-refractivity contribution >= 4 is 23.4 Å². The Morgan fingerprint density at radius 1 is 0.913 bits per heavy atom. The summed E-state index contributed by atoms with van der Waals surface area (Å²) >= 11 is 0. The van der Waals surface area contributed by atoms with Crippen LogP contribution >= 0.6 is 0 Å². The van der Waals surface area contributed by atoms with Crippen LogP contribution in [0.25, 0.3) is 0 Å². The minimum absolute atomic E-state index is 0.00109. The molecule has 0 saturated carbocycles. The second kappa shape index (κ2) is 7.76. The van der Waals surface area contributed by atoms with Crippen LogP contribution in [0, 0.1) is 19.3 Å². The average molecular weight is 319 g/mol. The maximum atomic E-state index is 11.8. The lowest BCUT2D eigenvalue weighted by Crippen LogP contribution is -2.46. The second-order valence-electron chi connectivity index (χ2n) is 6.60. The molecule has 3 amide bonds. The summed E-state index contributed by atoms with van der Waals surface area (Å²) in [6.45, 7) is 9.19. The molecule has 0 aliphatic carbocycles. The highest BCUT2D eigenvalue weighted by molar-refractivity contribution is 5.93. The number of benzene rings is 1. The van der Waals surface area contributed by atoms with E-state index in [1.165, 1.54) is 0 Å². The van der Waals surface area contributed by atoms with E-state index in [1.54, 1.807) is 20.8 Å². The van der Waals surface area contributed by atoms with Gasteiger partial charge in [-0.05, 0) is 37.1 Å². The van der Waals surface area contributed by atoms with E-state index in [0.717, 1.165) is 11.1 Å². The summed E-state index contributed by atoms with van der Waals surface area (Å²) in [5, 5.41) is 2.75. The molecule has 0 aromatic heterocycles. The van der Waals surface area contributed by atoms with E-state index >= 15 is 0 Å². The third-order valence-electron chi connectivity index (χ3n) is 3.37. The van der Waals surface area contributed by atoms with Gasteiger partial charge < -0.3 is 5.32 Å². The van der Waals surface area contributed by atoms with Crippen molar-refractivity contribution in [2.75, 3.05) is 5.32 Å². The fraction of sp³-hybridized carbons (Fsp3) is 0.471. The number of carbonyl (C=O) groups excluding carboxylic acids is 3. The van der Waals surface area contributed by atoms with Gasteiger partial charge in [0.2, 0.25) is 17.7 Å². The molecule has 0 spiro atoms. The monoisotopic (exact) mass is 319 g/mol. The van der Waals surface area contributed by atoms with Gasteiger partial charge in [-0.2, -0.15) is 0 Å². The number of carbonyl (C=O) groups is 3. The van der Waals surface area contributed by atoms with Crippen LogP contribution in [0.5, 0.6) is 0 Å². The normalized spacial score (nSPS) is 10.8. The molecule has 0 fully saturated rings. The zero-order valence-corrected chi connectivity index (χ0v) is 14.4. The summed E-state index contributed by atoms with van der Waals surface area (Å²) < 4.78 is 0. The lowest BCUT2D eigenvalue weighted by Gasteiger charge is -2.17. The summed E-state index contributed by atoms with van der Waals surface area (Å²) in [6, 6.07) is 5.64. The van der Waals surface area contributed by atoms with Crippen LogP contribution in [0.4, 0.5) is 5.69 Å². The lowest BCUT2D eigenvalue weighted by molar-refractivity contribution is -0.134. The molecule has 6 nitrogen and oxygen atoms in total. The maximum Gasteiger partial charge on any atom is 0.243 e. The Balaban J connectivity index is 2.36. The van der Waals surface area contributed by atoms with E-state index in [9.17, 15) is 14.4 Å². The molecule has 0 unspecified atom stereocenters. The van der Waals surface area contributed by atoms with Crippen LogP contribution < -0.4 is 16.2 Å². The van der Waals surface area contributed by atoms with Crippen molar-refractivity contribution < 1.29 is 14.4 Å². The van der Waals surface area contributed by atoms with Gasteiger partial charge in [0, 0.05) is 23.9 Å². The molecule has 1 aromatic rings. The smallest absolute Gasteiger partial charge is 0.243 e. The molecule has 23 heavy (non-hydrogen) atoms. The van der Waals surface area contributed by atoms with Crippen molar-refractivity contribution in [3.05, 3.63) is 29.3 Å². The third-order valence-corrected chi connectivity index (χ3v) is 3.37. The first-order chi connectivity index (χ1) is 10.6. The minimum Gasteiger partial charge on any atom is -0.326 e. The Hall–Kier alpha value is -2.37. The molecule has 3 N–H and O–H groups in total. The van der Waals surface area contributed by atoms with Crippen molar-refractivity contribution in [1.82, 2.24) is 10.9 Å². The number of hydrazine groups is 1. The van der Waals surface area contributed by atoms with Gasteiger partial charge in [-0.3, -0.25) is 25.2 Å². The van der Waals surface area contributed by atoms with E-state index < -0.39 is 11.3 Å². The van der Waals surface area contributed by atoms with E-state index in [1.807, 2.05) is 32.0 Å². The Morgan fingerprint density at radius 2 is 1.52 bits per heavy atom. The number of amides is 3. The first-order valence-corrected chi connectivity index (χ1v) is 7.56. The fourth-order valence-corrected chi connectivity index (χ4v) is 1.65. The lowest BCUT2D eigenvalue weighted by atomic mass is 9.96. The molecule has 1 aromatic carbocycles. The minimum atomic E-state index is -0.589. The van der Waals surface area contributed by atoms with Crippen LogP contribution in [0.2, 0.25) is 0 Å². The summed E-state index contributed by atoms with van der Waals surface area (Å²) in [4.78, 5) is 35.1. The highest BCUT2D eigenvalue weighted by Crippen LogP contribution is 2.14. The standard InChI is InChI=1S/C17H25N3O3/c1-11-6-7-13(10-12(11)2)18-14(21)8-9-15(22)19-20-16(23)17(3,4)5/h6-7,10H,8-9H2,1-5H3,(H,18,21)(H,19,22)(H,20,23). The van der Waals surface area contributed by atoms with Crippen LogP contribution in [0.1, 0.15) is 44.7 Å². The van der Waals surface area contributed by atoms with Crippen molar-refractivity contribution in [3.8, 4) is 0 Å². The van der Waals surface area contributed by atoms with Crippen molar-refractivity contribution in [1.29, 1.82) is 0 Å². The molecule has 0 bridgehead atoms. The Labute approximate surface area is 137 Å². The fourth-order valence-electron chi connectivity index (χ4n) is 1.65. The van der Waals surface area contributed by atoms with E-state index in [2.05, 4.69) is 16.2 Å². The van der Waals surface area contributed by atoms with Gasteiger partial charge in [-0.15, -0.1) is 0 Å². The summed E-state index contributed by atoms with van der Waals surface area (Å²) in [6.07, 6.45) is 0.0469. The number of hydrogen-bond donors (Lipinski definition) is 3. The van der Waals surface area contributed by atoms with E-state index in [4.69, 9.17) is 0 Å². The molecule has 0 aliphatic rings. The molecule has 0 heterocycles. The predicted molar refractivity (Wildman–Crippen MR) is 89.5 cm³/mol. The predicted octanol–water partition coefficient (Wildman–Crippen LogP) is 2.22. The van der Waals surface area contributed by atoms with Gasteiger partial charge in [-0.1, -0.05) is 26.8 Å². The molecular weight excluding hydrogens is 294 g/mol. The summed E-state index contributed by atoms with van der Waals surface area (Å²) in [5.74, 6) is -0.936. The average Bonchev–Trinajstić information content (AvgIpc) is 2.45. The Kier molecular flexibility index (Phi) is 6.30. The van der Waals surface area contributed by atoms with Gasteiger partial charge in [0.25, 0.3) is 0 Å². The Bertz CT molecular complexity index is 604. The summed E-state index contributed by atoms with van der Waals surface area (Å²) in [7, 11) is 0. The number of aryl methyl sites for hydroxylation is 2. The van der Waals surface area contributed by atoms with Crippen LogP contribution in [0.3, 0.4) is 0 Å². The highest BCUT2D eigenvalue weighted by atomic mass is 16.2. The van der Waals surface area contributed by atoms with Crippen LogP contribution in [-0.2, 0) is 14.4 Å². The molecule has 0 radical (unpaired) electrons.